The van der Waals surface area contributed by atoms with Gasteiger partial charge in [0.05, 0.1) is 0 Å². The number of hydrogen-bond acceptors (Lipinski definition) is 1. The highest BCUT2D eigenvalue weighted by molar-refractivity contribution is 6.24. The Hall–Kier alpha value is -1.45. The third-order valence-corrected chi connectivity index (χ3v) is 2.75. The van der Waals surface area contributed by atoms with Crippen LogP contribution in [0.4, 0.5) is 4.32 Å². The molecule has 2 nitrogen and oxygen atoms in total. The monoisotopic (exact) mass is 217 g/mol. The van der Waals surface area contributed by atoms with Gasteiger partial charge >= 0.3 is 7.69 Å². The van der Waals surface area contributed by atoms with Gasteiger partial charge in [0.2, 0.25) is 0 Å². The summed E-state index contributed by atoms with van der Waals surface area (Å²) in [5.74, 6) is 0.346. The molecule has 16 heavy (non-hydrogen) atoms. The van der Waals surface area contributed by atoms with Gasteiger partial charge in [0, 0.05) is 29.7 Å². The summed E-state index contributed by atoms with van der Waals surface area (Å²) in [7, 11) is 0.640. The first-order valence-corrected chi connectivity index (χ1v) is 5.48. The Kier molecular flexibility index (Phi) is 3.18. The molecule has 2 heterocycles. The lowest BCUT2D eigenvalue weighted by Crippen LogP contribution is -2.22. The number of halogens is 1. The zero-order valence-corrected chi connectivity index (χ0v) is 9.57. The molecule has 1 radical (unpaired) electrons. The van der Waals surface area contributed by atoms with Crippen molar-refractivity contribution in [2.24, 2.45) is 5.92 Å². The van der Waals surface area contributed by atoms with Gasteiger partial charge in [-0.05, 0) is 24.1 Å². The highest BCUT2D eigenvalue weighted by atomic mass is 19.1. The Balaban J connectivity index is 2.46. The van der Waals surface area contributed by atoms with Gasteiger partial charge < -0.3 is 14.1 Å². The maximum Gasteiger partial charge on any atom is 0.491 e. The van der Waals surface area contributed by atoms with E-state index in [0.717, 1.165) is 17.0 Å². The van der Waals surface area contributed by atoms with Crippen LogP contribution < -0.4 is 0 Å². The molecular weight excluding hydrogens is 202 g/mol. The normalized spacial score (nSPS) is 18.4. The lowest BCUT2D eigenvalue weighted by Gasteiger charge is -2.21. The van der Waals surface area contributed by atoms with Crippen molar-refractivity contribution in [2.45, 2.75) is 13.8 Å². The molecule has 4 heteroatoms. The molecule has 0 fully saturated rings. The van der Waals surface area contributed by atoms with Gasteiger partial charge in [-0.3, -0.25) is 0 Å². The van der Waals surface area contributed by atoms with E-state index in [0.29, 0.717) is 20.2 Å². The van der Waals surface area contributed by atoms with Crippen molar-refractivity contribution < 1.29 is 4.32 Å². The minimum Gasteiger partial charge on any atom is -0.385 e. The van der Waals surface area contributed by atoms with E-state index in [1.807, 2.05) is 30.5 Å². The second kappa shape index (κ2) is 4.60. The van der Waals surface area contributed by atoms with Crippen LogP contribution in [0, 0.1) is 5.92 Å². The predicted octanol–water partition coefficient (Wildman–Crippen LogP) is 2.76. The number of rotatable bonds is 3. The lowest BCUT2D eigenvalue weighted by molar-refractivity contribution is 0.587. The van der Waals surface area contributed by atoms with Crippen molar-refractivity contribution in [3.63, 3.8) is 0 Å². The van der Waals surface area contributed by atoms with E-state index in [2.05, 4.69) is 18.8 Å². The van der Waals surface area contributed by atoms with Crippen molar-refractivity contribution in [1.29, 1.82) is 0 Å². The zero-order chi connectivity index (χ0) is 11.5. The third kappa shape index (κ3) is 1.92. The molecule has 0 spiro atoms. The molecule has 1 aliphatic rings. The van der Waals surface area contributed by atoms with Gasteiger partial charge in [-0.15, -0.1) is 0 Å². The SMILES string of the molecule is CC(C)/C(=C1\C=CCN1[B]F)c1ccc[nH]1. The summed E-state index contributed by atoms with van der Waals surface area (Å²) in [4.78, 5) is 4.81. The smallest absolute Gasteiger partial charge is 0.385 e. The molecular formula is C12H15BFN2. The highest BCUT2D eigenvalue weighted by Crippen LogP contribution is 2.30. The number of aromatic nitrogens is 1. The fraction of sp³-hybridized carbons (Fsp3) is 0.333. The molecule has 0 saturated heterocycles. The van der Waals surface area contributed by atoms with E-state index < -0.39 is 0 Å². The first-order valence-electron chi connectivity index (χ1n) is 5.48. The van der Waals surface area contributed by atoms with Gasteiger partial charge in [0.15, 0.2) is 0 Å². The van der Waals surface area contributed by atoms with Gasteiger partial charge in [0.25, 0.3) is 0 Å². The molecule has 0 unspecified atom stereocenters. The Labute approximate surface area is 96.2 Å². The first-order chi connectivity index (χ1) is 7.74. The Bertz CT molecular complexity index is 407. The van der Waals surface area contributed by atoms with Crippen molar-refractivity contribution in [1.82, 2.24) is 9.79 Å². The number of aromatic amines is 1. The van der Waals surface area contributed by atoms with Gasteiger partial charge in [-0.2, -0.15) is 0 Å². The first kappa shape index (κ1) is 11.1. The van der Waals surface area contributed by atoms with Gasteiger partial charge in [0.1, 0.15) is 0 Å². The van der Waals surface area contributed by atoms with Crippen LogP contribution in [-0.4, -0.2) is 24.0 Å². The molecule has 2 rings (SSSR count). The maximum atomic E-state index is 12.7. The summed E-state index contributed by atoms with van der Waals surface area (Å²) in [5.41, 5.74) is 3.15. The van der Waals surface area contributed by atoms with Crippen LogP contribution in [0.5, 0.6) is 0 Å². The van der Waals surface area contributed by atoms with Gasteiger partial charge in [-0.25, -0.2) is 0 Å². The summed E-state index contributed by atoms with van der Waals surface area (Å²) in [5, 5.41) is 0. The molecule has 0 amide bonds. The van der Waals surface area contributed by atoms with Crippen LogP contribution in [0.2, 0.25) is 0 Å². The predicted molar refractivity (Wildman–Crippen MR) is 65.3 cm³/mol. The van der Waals surface area contributed by atoms with Crippen LogP contribution in [0.3, 0.4) is 0 Å². The number of allylic oxidation sites excluding steroid dienone is 2. The van der Waals surface area contributed by atoms with E-state index in [9.17, 15) is 4.32 Å². The standard InChI is InChI=1S/C12H15BFN2/c1-9(2)12(10-5-3-7-15-10)11-6-4-8-16(11)13-14/h3-7,9,15H,8H2,1-2H3/b12-11-. The Morgan fingerprint density at radius 1 is 1.56 bits per heavy atom. The third-order valence-electron chi connectivity index (χ3n) is 2.75. The maximum absolute atomic E-state index is 12.7. The zero-order valence-electron chi connectivity index (χ0n) is 9.57. The molecule has 0 bridgehead atoms. The second-order valence-electron chi connectivity index (χ2n) is 4.19. The molecule has 1 aliphatic heterocycles. The summed E-state index contributed by atoms with van der Waals surface area (Å²) in [6.45, 7) is 4.85. The number of hydrogen-bond donors (Lipinski definition) is 1. The Morgan fingerprint density at radius 3 is 2.94 bits per heavy atom. The number of nitrogens with one attached hydrogen (secondary N) is 1. The molecule has 0 saturated carbocycles. The van der Waals surface area contributed by atoms with Crippen LogP contribution in [0.1, 0.15) is 19.5 Å². The van der Waals surface area contributed by atoms with Crippen LogP contribution in [0.25, 0.3) is 5.57 Å². The highest BCUT2D eigenvalue weighted by Gasteiger charge is 2.20. The fourth-order valence-electron chi connectivity index (χ4n) is 2.05. The molecule has 1 N–H and O–H groups in total. The number of H-pyrrole nitrogens is 1. The average Bonchev–Trinajstić information content (AvgIpc) is 2.88. The minimum absolute atomic E-state index is 0.346. The molecule has 83 valence electrons. The fourth-order valence-corrected chi connectivity index (χ4v) is 2.05. The van der Waals surface area contributed by atoms with E-state index in [-0.39, 0.29) is 0 Å². The molecule has 1 aromatic rings. The summed E-state index contributed by atoms with van der Waals surface area (Å²) < 4.78 is 12.7. The molecule has 0 aromatic carbocycles. The van der Waals surface area contributed by atoms with Crippen molar-refractivity contribution in [2.75, 3.05) is 6.54 Å². The topological polar surface area (TPSA) is 19.0 Å². The van der Waals surface area contributed by atoms with Crippen molar-refractivity contribution in [3.8, 4) is 0 Å². The quantitative estimate of drug-likeness (QED) is 0.771. The summed E-state index contributed by atoms with van der Waals surface area (Å²) >= 11 is 0. The molecule has 0 atom stereocenters. The van der Waals surface area contributed by atoms with Crippen LogP contribution in [0.15, 0.2) is 36.2 Å². The van der Waals surface area contributed by atoms with Crippen molar-refractivity contribution in [3.05, 3.63) is 41.9 Å². The van der Waals surface area contributed by atoms with Crippen LogP contribution >= 0.6 is 0 Å². The number of nitrogens with zero attached hydrogens (tertiary/aromatic N) is 1. The van der Waals surface area contributed by atoms with Gasteiger partial charge in [-0.1, -0.05) is 19.9 Å². The summed E-state index contributed by atoms with van der Waals surface area (Å²) in [6, 6.07) is 3.98. The summed E-state index contributed by atoms with van der Waals surface area (Å²) in [6.07, 6.45) is 5.84. The van der Waals surface area contributed by atoms with E-state index in [1.165, 1.54) is 0 Å². The van der Waals surface area contributed by atoms with E-state index in [4.69, 9.17) is 0 Å². The average molecular weight is 217 g/mol. The van der Waals surface area contributed by atoms with E-state index in [1.54, 1.807) is 4.81 Å². The molecule has 0 aliphatic carbocycles. The largest absolute Gasteiger partial charge is 0.491 e. The van der Waals surface area contributed by atoms with E-state index >= 15 is 0 Å². The second-order valence-corrected chi connectivity index (χ2v) is 4.19. The Morgan fingerprint density at radius 2 is 2.38 bits per heavy atom. The molecule has 1 aromatic heterocycles. The van der Waals surface area contributed by atoms with Crippen LogP contribution in [-0.2, 0) is 0 Å². The van der Waals surface area contributed by atoms with Crippen molar-refractivity contribution >= 4 is 13.3 Å². The lowest BCUT2D eigenvalue weighted by atomic mass is 9.96. The minimum atomic E-state index is 0.346.